The van der Waals surface area contributed by atoms with Crippen LogP contribution < -0.4 is 10.1 Å². The summed E-state index contributed by atoms with van der Waals surface area (Å²) in [5.74, 6) is -0.723. The maximum atomic E-state index is 13.0. The molecule has 0 fully saturated rings. The number of benzene rings is 2. The SMILES string of the molecule is CC(C)NC(=O)[C@@H](C)N(Cc1ccc(Cl)c(Cl)c1)C(=O)COc1ccc(F)cc1. The maximum absolute atomic E-state index is 13.0. The summed E-state index contributed by atoms with van der Waals surface area (Å²) in [4.78, 5) is 26.8. The number of hydrogen-bond donors (Lipinski definition) is 1. The number of nitrogens with one attached hydrogen (secondary N) is 1. The first-order chi connectivity index (χ1) is 13.7. The van der Waals surface area contributed by atoms with Gasteiger partial charge in [-0.2, -0.15) is 0 Å². The molecular weight excluding hydrogens is 418 g/mol. The molecule has 29 heavy (non-hydrogen) atoms. The summed E-state index contributed by atoms with van der Waals surface area (Å²) in [6, 6.07) is 9.56. The average Bonchev–Trinajstić information content (AvgIpc) is 2.67. The largest absolute Gasteiger partial charge is 0.484 e. The van der Waals surface area contributed by atoms with Crippen LogP contribution in [-0.4, -0.2) is 35.4 Å². The third-order valence-electron chi connectivity index (χ3n) is 4.11. The Kier molecular flexibility index (Phi) is 8.29. The van der Waals surface area contributed by atoms with Crippen molar-refractivity contribution in [2.75, 3.05) is 6.61 Å². The molecule has 0 aliphatic carbocycles. The normalized spacial score (nSPS) is 11.8. The first kappa shape index (κ1) is 23.0. The van der Waals surface area contributed by atoms with Gasteiger partial charge >= 0.3 is 0 Å². The summed E-state index contributed by atoms with van der Waals surface area (Å²) in [7, 11) is 0. The second kappa shape index (κ2) is 10.5. The van der Waals surface area contributed by atoms with Crippen molar-refractivity contribution in [3.63, 3.8) is 0 Å². The quantitative estimate of drug-likeness (QED) is 0.659. The summed E-state index contributed by atoms with van der Waals surface area (Å²) in [6.45, 7) is 5.17. The molecule has 2 aromatic carbocycles. The monoisotopic (exact) mass is 440 g/mol. The van der Waals surface area contributed by atoms with Gasteiger partial charge in [-0.25, -0.2) is 4.39 Å². The van der Waals surface area contributed by atoms with Gasteiger partial charge in [0.25, 0.3) is 5.91 Å². The molecule has 0 saturated heterocycles. The Labute approximate surface area is 179 Å². The molecule has 0 aromatic heterocycles. The summed E-state index contributed by atoms with van der Waals surface area (Å²) in [5, 5.41) is 3.56. The number of hydrogen-bond acceptors (Lipinski definition) is 3. The summed E-state index contributed by atoms with van der Waals surface area (Å²) < 4.78 is 18.5. The second-order valence-electron chi connectivity index (χ2n) is 6.85. The van der Waals surface area contributed by atoms with E-state index in [-0.39, 0.29) is 25.1 Å². The number of nitrogens with zero attached hydrogens (tertiary/aromatic N) is 1. The number of carbonyl (C=O) groups excluding carboxylic acids is 2. The van der Waals surface area contributed by atoms with Gasteiger partial charge in [0.05, 0.1) is 10.0 Å². The molecule has 0 bridgehead atoms. The molecule has 0 aliphatic rings. The Bertz CT molecular complexity index is 860. The number of rotatable bonds is 8. The van der Waals surface area contributed by atoms with Gasteiger partial charge < -0.3 is 15.0 Å². The molecule has 5 nitrogen and oxygen atoms in total. The minimum absolute atomic E-state index is 0.0673. The van der Waals surface area contributed by atoms with E-state index in [0.29, 0.717) is 15.8 Å². The van der Waals surface area contributed by atoms with E-state index in [4.69, 9.17) is 27.9 Å². The fourth-order valence-electron chi connectivity index (χ4n) is 2.58. The summed E-state index contributed by atoms with van der Waals surface area (Å²) in [6.07, 6.45) is 0. The van der Waals surface area contributed by atoms with Crippen molar-refractivity contribution >= 4 is 35.0 Å². The van der Waals surface area contributed by atoms with Crippen LogP contribution in [0.4, 0.5) is 4.39 Å². The van der Waals surface area contributed by atoms with Crippen LogP contribution in [0.2, 0.25) is 10.0 Å². The Morgan fingerprint density at radius 2 is 1.72 bits per heavy atom. The second-order valence-corrected chi connectivity index (χ2v) is 7.67. The van der Waals surface area contributed by atoms with Gasteiger partial charge in [0.15, 0.2) is 6.61 Å². The molecule has 2 rings (SSSR count). The first-order valence-electron chi connectivity index (χ1n) is 9.09. The van der Waals surface area contributed by atoms with Crippen molar-refractivity contribution in [1.29, 1.82) is 0 Å². The maximum Gasteiger partial charge on any atom is 0.261 e. The molecule has 1 atom stereocenters. The lowest BCUT2D eigenvalue weighted by Gasteiger charge is -2.29. The third kappa shape index (κ3) is 6.91. The topological polar surface area (TPSA) is 58.6 Å². The Morgan fingerprint density at radius 3 is 2.31 bits per heavy atom. The number of halogens is 3. The fraction of sp³-hybridized carbons (Fsp3) is 0.333. The van der Waals surface area contributed by atoms with Crippen molar-refractivity contribution in [1.82, 2.24) is 10.2 Å². The number of ether oxygens (including phenoxy) is 1. The average molecular weight is 441 g/mol. The van der Waals surface area contributed by atoms with Gasteiger partial charge in [-0.15, -0.1) is 0 Å². The van der Waals surface area contributed by atoms with E-state index in [2.05, 4.69) is 5.32 Å². The first-order valence-corrected chi connectivity index (χ1v) is 9.85. The molecule has 2 aromatic rings. The Hall–Kier alpha value is -2.31. The molecule has 0 spiro atoms. The van der Waals surface area contributed by atoms with Gasteiger partial charge in [0, 0.05) is 12.6 Å². The van der Waals surface area contributed by atoms with Crippen LogP contribution >= 0.6 is 23.2 Å². The van der Waals surface area contributed by atoms with E-state index >= 15 is 0 Å². The van der Waals surface area contributed by atoms with Crippen molar-refractivity contribution in [3.8, 4) is 5.75 Å². The Balaban J connectivity index is 2.17. The molecule has 0 saturated carbocycles. The van der Waals surface area contributed by atoms with E-state index in [9.17, 15) is 14.0 Å². The van der Waals surface area contributed by atoms with Crippen LogP contribution in [0.3, 0.4) is 0 Å². The van der Waals surface area contributed by atoms with Crippen LogP contribution in [0.1, 0.15) is 26.3 Å². The van der Waals surface area contributed by atoms with Crippen LogP contribution in [0.25, 0.3) is 0 Å². The van der Waals surface area contributed by atoms with Gasteiger partial charge in [-0.3, -0.25) is 9.59 Å². The van der Waals surface area contributed by atoms with E-state index < -0.39 is 17.8 Å². The lowest BCUT2D eigenvalue weighted by atomic mass is 10.1. The summed E-state index contributed by atoms with van der Waals surface area (Å²) >= 11 is 12.0. The van der Waals surface area contributed by atoms with Crippen LogP contribution in [-0.2, 0) is 16.1 Å². The highest BCUT2D eigenvalue weighted by Crippen LogP contribution is 2.24. The lowest BCUT2D eigenvalue weighted by Crippen LogP contribution is -2.50. The van der Waals surface area contributed by atoms with Crippen molar-refractivity contribution in [3.05, 3.63) is 63.9 Å². The predicted octanol–water partition coefficient (Wildman–Crippen LogP) is 4.45. The smallest absolute Gasteiger partial charge is 0.261 e. The van der Waals surface area contributed by atoms with Crippen molar-refractivity contribution in [2.24, 2.45) is 0 Å². The third-order valence-corrected chi connectivity index (χ3v) is 4.85. The van der Waals surface area contributed by atoms with Crippen LogP contribution in [0, 0.1) is 5.82 Å². The number of carbonyl (C=O) groups is 2. The summed E-state index contributed by atoms with van der Waals surface area (Å²) in [5.41, 5.74) is 0.721. The molecule has 0 radical (unpaired) electrons. The molecule has 156 valence electrons. The van der Waals surface area contributed by atoms with Gasteiger partial charge in [-0.1, -0.05) is 29.3 Å². The van der Waals surface area contributed by atoms with Crippen LogP contribution in [0.5, 0.6) is 5.75 Å². The molecule has 1 N–H and O–H groups in total. The molecule has 8 heteroatoms. The van der Waals surface area contributed by atoms with Gasteiger partial charge in [-0.05, 0) is 62.7 Å². The van der Waals surface area contributed by atoms with E-state index in [0.717, 1.165) is 5.56 Å². The molecular formula is C21H23Cl2FN2O3. The Morgan fingerprint density at radius 1 is 1.07 bits per heavy atom. The molecule has 2 amide bonds. The molecule has 0 aliphatic heterocycles. The minimum atomic E-state index is -0.740. The highest BCUT2D eigenvalue weighted by Gasteiger charge is 2.27. The van der Waals surface area contributed by atoms with Crippen molar-refractivity contribution in [2.45, 2.75) is 39.4 Å². The zero-order chi connectivity index (χ0) is 21.6. The van der Waals surface area contributed by atoms with Crippen molar-refractivity contribution < 1.29 is 18.7 Å². The molecule has 0 unspecified atom stereocenters. The fourth-order valence-corrected chi connectivity index (χ4v) is 2.90. The van der Waals surface area contributed by atoms with Gasteiger partial charge in [0.1, 0.15) is 17.6 Å². The molecule has 0 heterocycles. The zero-order valence-corrected chi connectivity index (χ0v) is 17.9. The highest BCUT2D eigenvalue weighted by atomic mass is 35.5. The van der Waals surface area contributed by atoms with E-state index in [1.807, 2.05) is 13.8 Å². The van der Waals surface area contributed by atoms with Crippen LogP contribution in [0.15, 0.2) is 42.5 Å². The lowest BCUT2D eigenvalue weighted by molar-refractivity contribution is -0.142. The highest BCUT2D eigenvalue weighted by molar-refractivity contribution is 6.42. The standard InChI is InChI=1S/C21H23Cl2FN2O3/c1-13(2)25-21(28)14(3)26(11-15-4-9-18(22)19(23)10-15)20(27)12-29-17-7-5-16(24)6-8-17/h4-10,13-14H,11-12H2,1-3H3,(H,25,28)/t14-/m1/s1. The predicted molar refractivity (Wildman–Crippen MR) is 112 cm³/mol. The van der Waals surface area contributed by atoms with Gasteiger partial charge in [0.2, 0.25) is 5.91 Å². The van der Waals surface area contributed by atoms with E-state index in [1.165, 1.54) is 29.2 Å². The van der Waals surface area contributed by atoms with E-state index in [1.54, 1.807) is 25.1 Å². The number of amides is 2. The minimum Gasteiger partial charge on any atom is -0.484 e. The zero-order valence-electron chi connectivity index (χ0n) is 16.4.